The first kappa shape index (κ1) is 8.68. The Kier molecular flexibility index (Phi) is 2.14. The number of hydrogen-bond donors (Lipinski definition) is 0. The summed E-state index contributed by atoms with van der Waals surface area (Å²) in [5, 5.41) is 8.86. The standard InChI is InChI=1S/C11H8N2O/c12-6-8-4-5-11(13-7-14)10-3-1-2-9(8)10/h4-5H,1-3H2. The lowest BCUT2D eigenvalue weighted by molar-refractivity contribution is 0.565. The second-order valence-electron chi connectivity index (χ2n) is 3.26. The molecule has 68 valence electrons. The van der Waals surface area contributed by atoms with Gasteiger partial charge in [0.2, 0.25) is 6.08 Å². The van der Waals surface area contributed by atoms with Gasteiger partial charge in [0.05, 0.1) is 17.3 Å². The lowest BCUT2D eigenvalue weighted by Gasteiger charge is -2.03. The molecule has 0 saturated carbocycles. The highest BCUT2D eigenvalue weighted by molar-refractivity contribution is 5.61. The van der Waals surface area contributed by atoms with E-state index in [1.165, 1.54) is 0 Å². The zero-order valence-electron chi connectivity index (χ0n) is 7.58. The molecule has 0 spiro atoms. The van der Waals surface area contributed by atoms with E-state index in [0.29, 0.717) is 11.3 Å². The van der Waals surface area contributed by atoms with Crippen LogP contribution in [0.2, 0.25) is 0 Å². The van der Waals surface area contributed by atoms with Gasteiger partial charge in [-0.25, -0.2) is 4.79 Å². The number of carbonyl (C=O) groups excluding carboxylic acids is 1. The van der Waals surface area contributed by atoms with E-state index in [0.717, 1.165) is 30.4 Å². The maximum atomic E-state index is 10.2. The van der Waals surface area contributed by atoms with Gasteiger partial charge in [-0.15, -0.1) is 0 Å². The molecular formula is C11H8N2O. The fourth-order valence-corrected chi connectivity index (χ4v) is 1.95. The zero-order chi connectivity index (χ0) is 9.97. The van der Waals surface area contributed by atoms with Crippen molar-refractivity contribution in [3.8, 4) is 6.07 Å². The number of benzene rings is 1. The molecule has 1 aromatic rings. The minimum Gasteiger partial charge on any atom is -0.211 e. The van der Waals surface area contributed by atoms with E-state index in [-0.39, 0.29) is 0 Å². The number of nitriles is 1. The Bertz CT molecular complexity index is 465. The van der Waals surface area contributed by atoms with Gasteiger partial charge in [-0.1, -0.05) is 0 Å². The van der Waals surface area contributed by atoms with Gasteiger partial charge in [0.1, 0.15) is 0 Å². The Hall–Kier alpha value is -1.91. The van der Waals surface area contributed by atoms with Crippen LogP contribution in [0.5, 0.6) is 0 Å². The van der Waals surface area contributed by atoms with Gasteiger partial charge < -0.3 is 0 Å². The van der Waals surface area contributed by atoms with Crippen molar-refractivity contribution in [3.05, 3.63) is 28.8 Å². The maximum absolute atomic E-state index is 10.2. The van der Waals surface area contributed by atoms with Crippen molar-refractivity contribution in [2.24, 2.45) is 4.99 Å². The van der Waals surface area contributed by atoms with Crippen molar-refractivity contribution in [2.75, 3.05) is 0 Å². The summed E-state index contributed by atoms with van der Waals surface area (Å²) in [7, 11) is 0. The first-order valence-corrected chi connectivity index (χ1v) is 4.49. The number of rotatable bonds is 1. The first-order valence-electron chi connectivity index (χ1n) is 4.49. The van der Waals surface area contributed by atoms with Crippen LogP contribution in [0.1, 0.15) is 23.1 Å². The summed E-state index contributed by atoms with van der Waals surface area (Å²) in [4.78, 5) is 13.8. The predicted octanol–water partition coefficient (Wildman–Crippen LogP) is 2.01. The van der Waals surface area contributed by atoms with Crippen LogP contribution in [0.3, 0.4) is 0 Å². The highest BCUT2D eigenvalue weighted by atomic mass is 16.1. The van der Waals surface area contributed by atoms with E-state index in [2.05, 4.69) is 11.1 Å². The van der Waals surface area contributed by atoms with Crippen LogP contribution in [0.4, 0.5) is 5.69 Å². The molecular weight excluding hydrogens is 176 g/mol. The van der Waals surface area contributed by atoms with Crippen molar-refractivity contribution in [2.45, 2.75) is 19.3 Å². The molecule has 0 amide bonds. The molecule has 0 atom stereocenters. The molecule has 1 aliphatic rings. The van der Waals surface area contributed by atoms with Crippen molar-refractivity contribution in [3.63, 3.8) is 0 Å². The van der Waals surface area contributed by atoms with E-state index < -0.39 is 0 Å². The SMILES string of the molecule is N#Cc1ccc(N=C=O)c2c1CCC2. The van der Waals surface area contributed by atoms with Gasteiger partial charge in [-0.3, -0.25) is 0 Å². The quantitative estimate of drug-likeness (QED) is 0.495. The lowest BCUT2D eigenvalue weighted by Crippen LogP contribution is -1.88. The topological polar surface area (TPSA) is 53.2 Å². The Labute approximate surface area is 81.7 Å². The molecule has 0 aliphatic heterocycles. The Morgan fingerprint density at radius 2 is 2.07 bits per heavy atom. The normalized spacial score (nSPS) is 12.8. The number of isocyanates is 1. The van der Waals surface area contributed by atoms with E-state index in [1.54, 1.807) is 18.2 Å². The average molecular weight is 184 g/mol. The summed E-state index contributed by atoms with van der Waals surface area (Å²) in [5.41, 5.74) is 3.49. The second-order valence-corrected chi connectivity index (χ2v) is 3.26. The predicted molar refractivity (Wildman–Crippen MR) is 51.0 cm³/mol. The zero-order valence-corrected chi connectivity index (χ0v) is 7.58. The summed E-state index contributed by atoms with van der Waals surface area (Å²) in [6.07, 6.45) is 4.41. The fourth-order valence-electron chi connectivity index (χ4n) is 1.95. The number of hydrogen-bond acceptors (Lipinski definition) is 3. The van der Waals surface area contributed by atoms with Gasteiger partial charge in [-0.05, 0) is 42.5 Å². The van der Waals surface area contributed by atoms with E-state index in [4.69, 9.17) is 5.26 Å². The third-order valence-corrected chi connectivity index (χ3v) is 2.55. The summed E-state index contributed by atoms with van der Waals surface area (Å²) >= 11 is 0. The van der Waals surface area contributed by atoms with E-state index in [9.17, 15) is 4.79 Å². The van der Waals surface area contributed by atoms with Crippen molar-refractivity contribution < 1.29 is 4.79 Å². The van der Waals surface area contributed by atoms with Gasteiger partial charge in [-0.2, -0.15) is 10.3 Å². The van der Waals surface area contributed by atoms with Gasteiger partial charge in [0.15, 0.2) is 0 Å². The third kappa shape index (κ3) is 1.22. The smallest absolute Gasteiger partial charge is 0.211 e. The largest absolute Gasteiger partial charge is 0.240 e. The molecule has 2 rings (SSSR count). The third-order valence-electron chi connectivity index (χ3n) is 2.55. The molecule has 0 aromatic heterocycles. The molecule has 14 heavy (non-hydrogen) atoms. The maximum Gasteiger partial charge on any atom is 0.240 e. The van der Waals surface area contributed by atoms with Crippen molar-refractivity contribution in [1.82, 2.24) is 0 Å². The monoisotopic (exact) mass is 184 g/mol. The van der Waals surface area contributed by atoms with Gasteiger partial charge in [0, 0.05) is 0 Å². The minimum absolute atomic E-state index is 0.673. The van der Waals surface area contributed by atoms with Gasteiger partial charge in [0.25, 0.3) is 0 Å². The van der Waals surface area contributed by atoms with Gasteiger partial charge >= 0.3 is 0 Å². The molecule has 1 aliphatic carbocycles. The summed E-state index contributed by atoms with van der Waals surface area (Å²) in [6, 6.07) is 5.59. The minimum atomic E-state index is 0.673. The molecule has 3 nitrogen and oxygen atoms in total. The molecule has 3 heteroatoms. The van der Waals surface area contributed by atoms with Crippen LogP contribution in [-0.4, -0.2) is 6.08 Å². The second kappa shape index (κ2) is 3.45. The van der Waals surface area contributed by atoms with Crippen LogP contribution in [0.15, 0.2) is 17.1 Å². The summed E-state index contributed by atoms with van der Waals surface area (Å²) in [6.45, 7) is 0. The number of aliphatic imine (C=N–C) groups is 1. The molecule has 0 N–H and O–H groups in total. The van der Waals surface area contributed by atoms with Crippen molar-refractivity contribution in [1.29, 1.82) is 5.26 Å². The highest BCUT2D eigenvalue weighted by Crippen LogP contribution is 2.32. The summed E-state index contributed by atoms with van der Waals surface area (Å²) in [5.74, 6) is 0. The Morgan fingerprint density at radius 1 is 1.29 bits per heavy atom. The van der Waals surface area contributed by atoms with Crippen LogP contribution in [-0.2, 0) is 17.6 Å². The fraction of sp³-hybridized carbons (Fsp3) is 0.273. The molecule has 0 bridgehead atoms. The number of nitrogens with zero attached hydrogens (tertiary/aromatic N) is 2. The Balaban J connectivity index is 2.65. The molecule has 0 radical (unpaired) electrons. The number of fused-ring (bicyclic) bond motifs is 1. The molecule has 1 aromatic carbocycles. The molecule has 0 unspecified atom stereocenters. The lowest BCUT2D eigenvalue weighted by atomic mass is 10.0. The van der Waals surface area contributed by atoms with Crippen LogP contribution >= 0.6 is 0 Å². The van der Waals surface area contributed by atoms with Crippen LogP contribution in [0, 0.1) is 11.3 Å². The molecule has 0 fully saturated rings. The highest BCUT2D eigenvalue weighted by Gasteiger charge is 2.18. The molecule has 0 heterocycles. The van der Waals surface area contributed by atoms with E-state index in [1.807, 2.05) is 0 Å². The summed E-state index contributed by atoms with van der Waals surface area (Å²) < 4.78 is 0. The Morgan fingerprint density at radius 3 is 2.79 bits per heavy atom. The van der Waals surface area contributed by atoms with Crippen LogP contribution < -0.4 is 0 Å². The average Bonchev–Trinajstić information content (AvgIpc) is 2.67. The van der Waals surface area contributed by atoms with Crippen LogP contribution in [0.25, 0.3) is 0 Å². The van der Waals surface area contributed by atoms with Crippen molar-refractivity contribution >= 4 is 11.8 Å². The van der Waals surface area contributed by atoms with E-state index >= 15 is 0 Å². The molecule has 0 saturated heterocycles. The first-order chi connectivity index (χ1) is 6.86.